The maximum absolute atomic E-state index is 13.3. The van der Waals surface area contributed by atoms with Crippen molar-refractivity contribution in [2.45, 2.75) is 18.0 Å². The van der Waals surface area contributed by atoms with Crippen LogP contribution in [0.15, 0.2) is 47.9 Å². The minimum absolute atomic E-state index is 0.292. The van der Waals surface area contributed by atoms with E-state index in [1.165, 1.54) is 23.9 Å². The van der Waals surface area contributed by atoms with Gasteiger partial charge < -0.3 is 5.11 Å². The summed E-state index contributed by atoms with van der Waals surface area (Å²) < 4.78 is 15.2. The molecule has 0 radical (unpaired) electrons. The van der Waals surface area contributed by atoms with Crippen molar-refractivity contribution >= 4 is 17.5 Å². The van der Waals surface area contributed by atoms with Crippen LogP contribution in [-0.4, -0.2) is 30.9 Å². The fraction of sp³-hybridized carbons (Fsp3) is 0.167. The molecule has 2 aromatic heterocycles. The van der Waals surface area contributed by atoms with Crippen molar-refractivity contribution in [3.8, 4) is 22.6 Å². The molecule has 1 aromatic carbocycles. The van der Waals surface area contributed by atoms with Crippen LogP contribution in [0.4, 0.5) is 4.39 Å². The van der Waals surface area contributed by atoms with Crippen molar-refractivity contribution in [3.63, 3.8) is 0 Å². The highest BCUT2D eigenvalue weighted by atomic mass is 32.2. The summed E-state index contributed by atoms with van der Waals surface area (Å²) in [6.45, 7) is 0. The third kappa shape index (κ3) is 2.70. The summed E-state index contributed by atoms with van der Waals surface area (Å²) in [5.74, 6) is 0.568. The van der Waals surface area contributed by atoms with E-state index < -0.39 is 0 Å². The van der Waals surface area contributed by atoms with Crippen molar-refractivity contribution in [1.82, 2.24) is 19.5 Å². The van der Waals surface area contributed by atoms with E-state index in [1.807, 2.05) is 16.9 Å². The van der Waals surface area contributed by atoms with Crippen molar-refractivity contribution in [2.24, 2.45) is 0 Å². The van der Waals surface area contributed by atoms with Gasteiger partial charge in [-0.1, -0.05) is 11.8 Å². The van der Waals surface area contributed by atoms with Crippen LogP contribution in [0, 0.1) is 5.82 Å². The number of allylic oxidation sites excluding steroid dienone is 1. The van der Waals surface area contributed by atoms with E-state index in [0.717, 1.165) is 53.3 Å². The number of aliphatic hydroxyl groups is 1. The molecular weight excluding hydrogens is 339 g/mol. The number of aliphatic hydroxyl groups excluding tert-OH is 1. The third-order valence-electron chi connectivity index (χ3n) is 4.16. The molecule has 0 amide bonds. The second-order valence-corrected chi connectivity index (χ2v) is 6.39. The predicted octanol–water partition coefficient (Wildman–Crippen LogP) is 4.17. The zero-order valence-corrected chi connectivity index (χ0v) is 14.3. The maximum atomic E-state index is 13.3. The summed E-state index contributed by atoms with van der Waals surface area (Å²) in [7, 11) is 0. The fourth-order valence-electron chi connectivity index (χ4n) is 3.03. The van der Waals surface area contributed by atoms with E-state index >= 15 is 0 Å². The second kappa shape index (κ2) is 6.33. The molecule has 1 aliphatic heterocycles. The Hall–Kier alpha value is -2.67. The predicted molar refractivity (Wildman–Crippen MR) is 95.7 cm³/mol. The summed E-state index contributed by atoms with van der Waals surface area (Å²) >= 11 is 1.46. The molecule has 0 fully saturated rings. The van der Waals surface area contributed by atoms with Crippen LogP contribution in [0.25, 0.3) is 28.3 Å². The Morgan fingerprint density at radius 1 is 1.16 bits per heavy atom. The van der Waals surface area contributed by atoms with Gasteiger partial charge in [0.05, 0.1) is 29.0 Å². The Balaban J connectivity index is 1.98. The molecule has 3 aromatic rings. The molecule has 4 rings (SSSR count). The number of hydrogen-bond acceptors (Lipinski definition) is 5. The number of imidazole rings is 1. The van der Waals surface area contributed by atoms with Gasteiger partial charge in [-0.25, -0.2) is 19.3 Å². The standard InChI is InChI=1S/C18H15FN4OS/c1-25-18-20-9-8-14(21-18)17-16(11-2-4-12(19)5-3-11)22-15-7-6-13(10-24)23(15)17/h2-5,8-10,24H,6-7H2,1H3/b13-10+. The van der Waals surface area contributed by atoms with Crippen molar-refractivity contribution in [2.75, 3.05) is 6.26 Å². The Morgan fingerprint density at radius 2 is 1.96 bits per heavy atom. The lowest BCUT2D eigenvalue weighted by Crippen LogP contribution is -1.99. The zero-order chi connectivity index (χ0) is 17.4. The highest BCUT2D eigenvalue weighted by Gasteiger charge is 2.27. The molecule has 0 spiro atoms. The first kappa shape index (κ1) is 15.8. The Morgan fingerprint density at radius 3 is 2.68 bits per heavy atom. The van der Waals surface area contributed by atoms with E-state index in [4.69, 9.17) is 4.98 Å². The van der Waals surface area contributed by atoms with Crippen LogP contribution in [0.5, 0.6) is 0 Å². The van der Waals surface area contributed by atoms with Gasteiger partial charge in [0.15, 0.2) is 5.16 Å². The minimum atomic E-state index is -0.292. The lowest BCUT2D eigenvalue weighted by Gasteiger charge is -2.10. The average Bonchev–Trinajstić information content (AvgIpc) is 3.21. The van der Waals surface area contributed by atoms with Gasteiger partial charge >= 0.3 is 0 Å². The number of nitrogens with zero attached hydrogens (tertiary/aromatic N) is 4. The topological polar surface area (TPSA) is 63.8 Å². The van der Waals surface area contributed by atoms with Crippen LogP contribution in [0.2, 0.25) is 0 Å². The van der Waals surface area contributed by atoms with Gasteiger partial charge in [-0.05, 0) is 43.0 Å². The molecule has 0 aliphatic carbocycles. The second-order valence-electron chi connectivity index (χ2n) is 5.62. The lowest BCUT2D eigenvalue weighted by atomic mass is 10.1. The van der Waals surface area contributed by atoms with Crippen molar-refractivity contribution < 1.29 is 9.50 Å². The molecule has 1 aliphatic rings. The van der Waals surface area contributed by atoms with E-state index in [9.17, 15) is 9.50 Å². The number of halogens is 1. The number of aryl methyl sites for hydroxylation is 1. The number of aromatic nitrogens is 4. The molecule has 5 nitrogen and oxygen atoms in total. The molecule has 0 atom stereocenters. The summed E-state index contributed by atoms with van der Waals surface area (Å²) in [6, 6.07) is 8.06. The fourth-order valence-corrected chi connectivity index (χ4v) is 3.39. The van der Waals surface area contributed by atoms with Gasteiger partial charge in [0, 0.05) is 18.2 Å². The summed E-state index contributed by atoms with van der Waals surface area (Å²) in [6.07, 6.45) is 6.20. The van der Waals surface area contributed by atoms with Gasteiger partial charge in [0.2, 0.25) is 0 Å². The number of hydrogen-bond donors (Lipinski definition) is 1. The van der Waals surface area contributed by atoms with Crippen molar-refractivity contribution in [1.29, 1.82) is 0 Å². The van der Waals surface area contributed by atoms with Gasteiger partial charge in [0.1, 0.15) is 11.6 Å². The zero-order valence-electron chi connectivity index (χ0n) is 13.5. The molecule has 25 heavy (non-hydrogen) atoms. The van der Waals surface area contributed by atoms with Crippen LogP contribution < -0.4 is 0 Å². The van der Waals surface area contributed by atoms with E-state index in [-0.39, 0.29) is 5.82 Å². The smallest absolute Gasteiger partial charge is 0.187 e. The van der Waals surface area contributed by atoms with Gasteiger partial charge in [-0.2, -0.15) is 0 Å². The van der Waals surface area contributed by atoms with E-state index in [0.29, 0.717) is 5.16 Å². The van der Waals surface area contributed by atoms with Crippen LogP contribution in [0.1, 0.15) is 12.2 Å². The number of rotatable bonds is 3. The van der Waals surface area contributed by atoms with Crippen molar-refractivity contribution in [3.05, 3.63) is 54.4 Å². The number of thioether (sulfide) groups is 1. The Bertz CT molecular complexity index is 966. The summed E-state index contributed by atoms with van der Waals surface area (Å²) in [5.41, 5.74) is 3.81. The van der Waals surface area contributed by atoms with Crippen LogP contribution in [0.3, 0.4) is 0 Å². The average molecular weight is 354 g/mol. The van der Waals surface area contributed by atoms with Gasteiger partial charge in [-0.15, -0.1) is 0 Å². The first-order chi connectivity index (χ1) is 12.2. The number of fused-ring (bicyclic) bond motifs is 1. The Kier molecular flexibility index (Phi) is 4.01. The van der Waals surface area contributed by atoms with Crippen LogP contribution >= 0.6 is 11.8 Å². The largest absolute Gasteiger partial charge is 0.514 e. The minimum Gasteiger partial charge on any atom is -0.514 e. The Labute approximate surface area is 148 Å². The maximum Gasteiger partial charge on any atom is 0.187 e. The van der Waals surface area contributed by atoms with E-state index in [1.54, 1.807) is 18.3 Å². The quantitative estimate of drug-likeness (QED) is 0.434. The first-order valence-electron chi connectivity index (χ1n) is 7.80. The first-order valence-corrected chi connectivity index (χ1v) is 9.02. The molecule has 0 saturated heterocycles. The lowest BCUT2D eigenvalue weighted by molar-refractivity contribution is 0.472. The summed E-state index contributed by atoms with van der Waals surface area (Å²) in [5, 5.41) is 10.3. The molecule has 1 N–H and O–H groups in total. The SMILES string of the molecule is CSc1nccc(-c2c(-c3ccc(F)cc3)nc3n2/C(=C/O)CC3)n1. The van der Waals surface area contributed by atoms with Gasteiger partial charge in [0.25, 0.3) is 0 Å². The molecule has 3 heterocycles. The number of benzene rings is 1. The summed E-state index contributed by atoms with van der Waals surface area (Å²) in [4.78, 5) is 13.6. The molecular formula is C18H15FN4OS. The normalized spacial score (nSPS) is 14.9. The monoisotopic (exact) mass is 354 g/mol. The van der Waals surface area contributed by atoms with E-state index in [2.05, 4.69) is 9.97 Å². The molecule has 0 bridgehead atoms. The molecule has 7 heteroatoms. The van der Waals surface area contributed by atoms with Gasteiger partial charge in [-0.3, -0.25) is 4.57 Å². The molecule has 0 unspecified atom stereocenters. The highest BCUT2D eigenvalue weighted by Crippen LogP contribution is 2.38. The molecule has 0 saturated carbocycles. The molecule has 126 valence electrons. The highest BCUT2D eigenvalue weighted by molar-refractivity contribution is 7.98. The van der Waals surface area contributed by atoms with Crippen LogP contribution in [-0.2, 0) is 6.42 Å². The third-order valence-corrected chi connectivity index (χ3v) is 4.73.